The van der Waals surface area contributed by atoms with Crippen molar-refractivity contribution in [1.29, 1.82) is 0 Å². The van der Waals surface area contributed by atoms with Crippen LogP contribution in [-0.4, -0.2) is 131 Å². The second kappa shape index (κ2) is 17.0. The minimum atomic E-state index is -2.41. The predicted octanol–water partition coefficient (Wildman–Crippen LogP) is 3.49. The van der Waals surface area contributed by atoms with E-state index in [0.717, 1.165) is 13.8 Å². The lowest BCUT2D eigenvalue weighted by Gasteiger charge is -2.67. The first-order chi connectivity index (χ1) is 28.5. The van der Waals surface area contributed by atoms with Gasteiger partial charge in [0.25, 0.3) is 0 Å². The molecule has 4 N–H and O–H groups in total. The van der Waals surface area contributed by atoms with Gasteiger partial charge in [-0.25, -0.2) is 14.4 Å². The number of Topliss-reactive ketones (excluding diaryl/α,β-unsaturated/α-hetero) is 1. The molecule has 11 atom stereocenters. The number of amides is 1. The van der Waals surface area contributed by atoms with Gasteiger partial charge in [-0.1, -0.05) is 31.6 Å². The zero-order valence-corrected chi connectivity index (χ0v) is 37.8. The molecule has 0 aromatic heterocycles. The number of hydrogen-bond donors (Lipinski definition) is 4. The summed E-state index contributed by atoms with van der Waals surface area (Å²) in [6.45, 7) is 16.2. The second-order valence-electron chi connectivity index (χ2n) is 19.1. The molecule has 62 heavy (non-hydrogen) atoms. The molecule has 17 nitrogen and oxygen atoms in total. The third-order valence-corrected chi connectivity index (χ3v) is 12.8. The number of ether oxygens (including phenoxy) is 6. The summed E-state index contributed by atoms with van der Waals surface area (Å²) in [6, 6.07) is 5.10. The molecule has 1 aromatic carbocycles. The van der Waals surface area contributed by atoms with Gasteiger partial charge in [-0.15, -0.1) is 0 Å². The van der Waals surface area contributed by atoms with E-state index in [2.05, 4.69) is 5.32 Å². The molecule has 0 radical (unpaired) electrons. The number of rotatable bonds is 10. The number of carbonyl (C=O) groups excluding carboxylic acids is 6. The quantitative estimate of drug-likeness (QED) is 0.150. The van der Waals surface area contributed by atoms with E-state index in [1.165, 1.54) is 26.0 Å². The van der Waals surface area contributed by atoms with Crippen molar-refractivity contribution in [3.63, 3.8) is 0 Å². The van der Waals surface area contributed by atoms with Gasteiger partial charge in [0, 0.05) is 51.9 Å². The summed E-state index contributed by atoms with van der Waals surface area (Å²) >= 11 is 0. The Balaban J connectivity index is 1.75. The van der Waals surface area contributed by atoms with E-state index >= 15 is 4.79 Å². The average Bonchev–Trinajstić information content (AvgIpc) is 3.14. The Morgan fingerprint density at radius 3 is 2.18 bits per heavy atom. The van der Waals surface area contributed by atoms with Gasteiger partial charge in [-0.3, -0.25) is 14.4 Å². The number of hydrogen-bond acceptors (Lipinski definition) is 16. The molecule has 5 rings (SSSR count). The fourth-order valence-corrected chi connectivity index (χ4v) is 9.73. The lowest BCUT2D eigenvalue weighted by atomic mass is 9.44. The lowest BCUT2D eigenvalue weighted by molar-refractivity contribution is -0.346. The van der Waals surface area contributed by atoms with Gasteiger partial charge in [0.2, 0.25) is 0 Å². The van der Waals surface area contributed by atoms with E-state index in [4.69, 9.17) is 28.4 Å². The highest BCUT2D eigenvalue weighted by molar-refractivity contribution is 5.96. The summed E-state index contributed by atoms with van der Waals surface area (Å²) in [6.07, 6.45) is -10.1. The maximum Gasteiger partial charge on any atom is 0.408 e. The van der Waals surface area contributed by atoms with Crippen molar-refractivity contribution in [2.24, 2.45) is 16.7 Å². The average molecular weight is 871 g/mol. The molecule has 1 aliphatic heterocycles. The van der Waals surface area contributed by atoms with Gasteiger partial charge in [0.1, 0.15) is 29.5 Å². The highest BCUT2D eigenvalue weighted by atomic mass is 16.6. The molecule has 2 saturated carbocycles. The molecule has 1 amide bonds. The highest BCUT2D eigenvalue weighted by Crippen LogP contribution is 2.64. The van der Waals surface area contributed by atoms with Crippen LogP contribution in [0, 0.1) is 16.7 Å². The number of ketones is 1. The fourth-order valence-electron chi connectivity index (χ4n) is 9.73. The first kappa shape index (κ1) is 48.2. The smallest absolute Gasteiger partial charge is 0.408 e. The minimum Gasteiger partial charge on any atom is -0.456 e. The van der Waals surface area contributed by atoms with Crippen LogP contribution in [0.5, 0.6) is 0 Å². The number of alkyl carbamates (subject to hydrolysis) is 1. The van der Waals surface area contributed by atoms with E-state index in [1.54, 1.807) is 85.7 Å². The summed E-state index contributed by atoms with van der Waals surface area (Å²) in [5, 5.41) is 39.8. The Morgan fingerprint density at radius 1 is 1.00 bits per heavy atom. The van der Waals surface area contributed by atoms with E-state index in [0.29, 0.717) is 11.3 Å². The van der Waals surface area contributed by atoms with Crippen molar-refractivity contribution in [2.45, 2.75) is 148 Å². The number of anilines is 1. The third kappa shape index (κ3) is 8.60. The number of allylic oxidation sites excluding steroid dienone is 1. The zero-order chi connectivity index (χ0) is 46.7. The molecule has 0 unspecified atom stereocenters. The number of fused-ring (bicyclic) bond motifs is 5. The molecule has 4 aliphatic rings. The van der Waals surface area contributed by atoms with Crippen LogP contribution in [0.15, 0.2) is 47.1 Å². The maximum atomic E-state index is 15.5. The first-order valence-electron chi connectivity index (χ1n) is 20.7. The Bertz CT molecular complexity index is 2050. The second-order valence-corrected chi connectivity index (χ2v) is 19.1. The van der Waals surface area contributed by atoms with Crippen LogP contribution >= 0.6 is 0 Å². The molecule has 3 aliphatic carbocycles. The van der Waals surface area contributed by atoms with Gasteiger partial charge >= 0.3 is 30.0 Å². The van der Waals surface area contributed by atoms with Crippen LogP contribution in [0.2, 0.25) is 0 Å². The standard InChI is InChI=1S/C45H62N2O15/c1-22(2)17-28(46-40(55)62-41(6,7)8)33(51)39(54)59-29-20-45(56)37(60-38(53)26-15-14-16-27(18-26)47(12)13)35-43(11,30(50)19-31-44(35,21-57-31)61-25(5)49)36(52)34(58-24(4)48)32(23(29)3)42(45,9)10/h14-18,28-31,33-35,37,50-51,56H,19-21H2,1-13H3,(H,46,55)/t28-,29-,30-,31+,33+,34+,35-,37-,43+,44-,45+/m0/s1. The minimum absolute atomic E-state index is 0.0116. The molecule has 342 valence electrons. The van der Waals surface area contributed by atoms with Crippen molar-refractivity contribution in [3.8, 4) is 0 Å². The van der Waals surface area contributed by atoms with Crippen LogP contribution in [0.25, 0.3) is 0 Å². The molecule has 1 aromatic rings. The van der Waals surface area contributed by atoms with Gasteiger partial charge in [0.05, 0.1) is 35.6 Å². The molecular weight excluding hydrogens is 808 g/mol. The fraction of sp³-hybridized carbons (Fsp3) is 0.644. The normalized spacial score (nSPS) is 32.1. The van der Waals surface area contributed by atoms with Gasteiger partial charge in [-0.2, -0.15) is 0 Å². The van der Waals surface area contributed by atoms with Crippen LogP contribution in [0.3, 0.4) is 0 Å². The molecule has 17 heteroatoms. The Hall–Kier alpha value is -4.84. The zero-order valence-electron chi connectivity index (χ0n) is 37.8. The van der Waals surface area contributed by atoms with Crippen LogP contribution in [0.1, 0.15) is 99.4 Å². The Labute approximate surface area is 362 Å². The van der Waals surface area contributed by atoms with Crippen LogP contribution in [-0.2, 0) is 47.6 Å². The highest BCUT2D eigenvalue weighted by Gasteiger charge is 2.78. The van der Waals surface area contributed by atoms with Crippen molar-refractivity contribution in [3.05, 3.63) is 52.6 Å². The van der Waals surface area contributed by atoms with Gasteiger partial charge < -0.3 is 54.0 Å². The van der Waals surface area contributed by atoms with E-state index in [9.17, 15) is 39.3 Å². The number of nitrogens with zero attached hydrogens (tertiary/aromatic N) is 1. The molecule has 2 bridgehead atoms. The first-order valence-corrected chi connectivity index (χ1v) is 20.7. The maximum absolute atomic E-state index is 15.5. The SMILES string of the molecule is CC(=O)O[C@H]1C(=O)[C@@]2(C)[C@H]([C@H](OC(=O)c3cccc(N(C)C)c3)[C@]3(O)C[C@H](OC(=O)[C@H](O)[C@H](C=C(C)C)NC(=O)OC(C)(C)C)C(C)=C1C3(C)C)[C@]1(OC(C)=O)CO[C@@H]1C[C@@H]2O. The molecule has 1 saturated heterocycles. The Morgan fingerprint density at radius 2 is 1.65 bits per heavy atom. The lowest BCUT2D eigenvalue weighted by Crippen LogP contribution is -2.82. The number of esters is 4. The summed E-state index contributed by atoms with van der Waals surface area (Å²) < 4.78 is 35.7. The number of carbonyl (C=O) groups is 6. The van der Waals surface area contributed by atoms with Crippen molar-refractivity contribution in [1.82, 2.24) is 5.32 Å². The molecule has 3 fully saturated rings. The van der Waals surface area contributed by atoms with E-state index in [-0.39, 0.29) is 29.7 Å². The van der Waals surface area contributed by atoms with Crippen molar-refractivity contribution in [2.75, 3.05) is 25.6 Å². The summed E-state index contributed by atoms with van der Waals surface area (Å²) in [4.78, 5) is 84.7. The predicted molar refractivity (Wildman–Crippen MR) is 222 cm³/mol. The number of nitrogens with one attached hydrogen (secondary N) is 1. The molecule has 1 heterocycles. The number of benzene rings is 1. The number of aliphatic hydroxyl groups is 3. The molecular formula is C45H62N2O15. The largest absolute Gasteiger partial charge is 0.456 e. The summed E-state index contributed by atoms with van der Waals surface area (Å²) in [7, 11) is 3.55. The van der Waals surface area contributed by atoms with Crippen LogP contribution < -0.4 is 10.2 Å². The van der Waals surface area contributed by atoms with E-state index < -0.39 is 118 Å². The van der Waals surface area contributed by atoms with Crippen molar-refractivity contribution < 1.29 is 72.5 Å². The summed E-state index contributed by atoms with van der Waals surface area (Å²) in [5.74, 6) is -6.31. The van der Waals surface area contributed by atoms with Gasteiger partial charge in [-0.05, 0) is 77.8 Å². The number of aliphatic hydroxyl groups excluding tert-OH is 2. The van der Waals surface area contributed by atoms with Crippen molar-refractivity contribution >= 4 is 41.4 Å². The monoisotopic (exact) mass is 870 g/mol. The Kier molecular flexibility index (Phi) is 13.2. The topological polar surface area (TPSA) is 234 Å². The third-order valence-electron chi connectivity index (χ3n) is 12.8. The summed E-state index contributed by atoms with van der Waals surface area (Å²) in [5.41, 5.74) is -7.39. The molecule has 0 spiro atoms. The van der Waals surface area contributed by atoms with Gasteiger partial charge in [0.15, 0.2) is 23.6 Å². The van der Waals surface area contributed by atoms with E-state index in [1.807, 2.05) is 0 Å². The van der Waals surface area contributed by atoms with Crippen LogP contribution in [0.4, 0.5) is 10.5 Å².